The average molecular weight is 313 g/mol. The van der Waals surface area contributed by atoms with E-state index < -0.39 is 5.97 Å². The van der Waals surface area contributed by atoms with Crippen LogP contribution < -0.4 is 0 Å². The van der Waals surface area contributed by atoms with Gasteiger partial charge in [0.25, 0.3) is 5.97 Å². The van der Waals surface area contributed by atoms with Crippen molar-refractivity contribution in [2.24, 2.45) is 0 Å². The fraction of sp³-hybridized carbons (Fsp3) is 0.500. The van der Waals surface area contributed by atoms with E-state index in [1.807, 2.05) is 0 Å². The van der Waals surface area contributed by atoms with E-state index in [1.165, 1.54) is 0 Å². The SMILES string of the molecule is CC(=O)O.[H-].[H-].[Hf].[Mg+2].[Ti]. The molecule has 0 atom stereocenters. The van der Waals surface area contributed by atoms with Gasteiger partial charge in [0.2, 0.25) is 0 Å². The molecule has 0 saturated carbocycles. The van der Waals surface area contributed by atoms with Gasteiger partial charge in [-0.3, -0.25) is 4.79 Å². The first-order chi connectivity index (χ1) is 1.73. The predicted octanol–water partition coefficient (Wildman–Crippen LogP) is -0.0699. The Hall–Kier alpha value is 1.82. The van der Waals surface area contributed by atoms with Crippen LogP contribution in [0.3, 0.4) is 0 Å². The van der Waals surface area contributed by atoms with Crippen LogP contribution in [0.15, 0.2) is 0 Å². The van der Waals surface area contributed by atoms with E-state index in [4.69, 9.17) is 9.90 Å². The van der Waals surface area contributed by atoms with Gasteiger partial charge < -0.3 is 7.96 Å². The molecule has 0 bridgehead atoms. The monoisotopic (exact) mass is 314 g/mol. The van der Waals surface area contributed by atoms with Gasteiger partial charge in [-0.1, -0.05) is 0 Å². The summed E-state index contributed by atoms with van der Waals surface area (Å²) in [4.78, 5) is 9.00. The van der Waals surface area contributed by atoms with Crippen LogP contribution in [-0.4, -0.2) is 34.1 Å². The summed E-state index contributed by atoms with van der Waals surface area (Å²) in [5.41, 5.74) is 0. The third-order valence-electron chi connectivity index (χ3n) is 0. The maximum absolute atomic E-state index is 9.00. The zero-order chi connectivity index (χ0) is 3.58. The summed E-state index contributed by atoms with van der Waals surface area (Å²) < 4.78 is 0. The number of carboxylic acids is 1. The molecule has 0 aromatic rings. The Morgan fingerprint density at radius 1 is 1.71 bits per heavy atom. The fourth-order valence-electron chi connectivity index (χ4n) is 0. The minimum absolute atomic E-state index is 0. The largest absolute Gasteiger partial charge is 2.00 e. The first-order valence-corrected chi connectivity index (χ1v) is 0.928. The van der Waals surface area contributed by atoms with E-state index >= 15 is 0 Å². The molecule has 0 rings (SSSR count). The molecule has 0 heterocycles. The quantitative estimate of drug-likeness (QED) is 0.636. The molecule has 0 aliphatic rings. The molecule has 0 aliphatic heterocycles. The molecule has 5 heteroatoms. The Balaban J connectivity index is -0.00000000450. The molecule has 1 N–H and O–H groups in total. The van der Waals surface area contributed by atoms with Gasteiger partial charge in [-0.25, -0.2) is 0 Å². The van der Waals surface area contributed by atoms with Gasteiger partial charge in [0.05, 0.1) is 0 Å². The Bertz CT molecular complexity index is 45.5. The first kappa shape index (κ1) is 23.2. The average Bonchev–Trinajstić information content (AvgIpc) is 0.811. The van der Waals surface area contributed by atoms with Crippen molar-refractivity contribution in [1.82, 2.24) is 0 Å². The number of aliphatic carboxylic acids is 1. The van der Waals surface area contributed by atoms with Crippen LogP contribution in [0.25, 0.3) is 0 Å². The number of hydrogen-bond donors (Lipinski definition) is 1. The minimum Gasteiger partial charge on any atom is -1.00 e. The molecule has 0 aromatic heterocycles. The van der Waals surface area contributed by atoms with E-state index in [0.717, 1.165) is 6.92 Å². The molecule has 0 aromatic carbocycles. The summed E-state index contributed by atoms with van der Waals surface area (Å²) >= 11 is 0. The number of carbonyl (C=O) groups is 1. The molecule has 0 radical (unpaired) electrons. The Morgan fingerprint density at radius 3 is 1.71 bits per heavy atom. The Labute approximate surface area is 95.2 Å². The molecule has 7 heavy (non-hydrogen) atoms. The minimum atomic E-state index is -0.833. The zero-order valence-corrected chi connectivity index (χ0v) is 10.6. The summed E-state index contributed by atoms with van der Waals surface area (Å²) in [5, 5.41) is 7.42. The third-order valence-corrected chi connectivity index (χ3v) is 0. The second-order valence-corrected chi connectivity index (χ2v) is 0.519. The van der Waals surface area contributed by atoms with Crippen molar-refractivity contribution in [1.29, 1.82) is 0 Å². The van der Waals surface area contributed by atoms with Gasteiger partial charge in [-0.2, -0.15) is 0 Å². The predicted molar refractivity (Wildman–Crippen MR) is 21.3 cm³/mol. The molecule has 0 unspecified atom stereocenters. The topological polar surface area (TPSA) is 37.3 Å². The molecule has 2 nitrogen and oxygen atoms in total. The third kappa shape index (κ3) is 79.9. The van der Waals surface area contributed by atoms with Crippen molar-refractivity contribution in [2.75, 3.05) is 0 Å². The summed E-state index contributed by atoms with van der Waals surface area (Å²) in [5.74, 6) is -0.833. The normalized spacial score (nSPS) is 3.57. The maximum Gasteiger partial charge on any atom is 2.00 e. The Kier molecular flexibility index (Phi) is 51.9. The van der Waals surface area contributed by atoms with Gasteiger partial charge in [-0.05, 0) is 0 Å². The van der Waals surface area contributed by atoms with Crippen LogP contribution in [0.1, 0.15) is 9.78 Å². The molecule has 0 saturated heterocycles. The number of hydrogen-bond acceptors (Lipinski definition) is 1. The Morgan fingerprint density at radius 2 is 1.71 bits per heavy atom. The van der Waals surface area contributed by atoms with Crippen molar-refractivity contribution in [2.45, 2.75) is 6.92 Å². The summed E-state index contributed by atoms with van der Waals surface area (Å²) in [7, 11) is 0. The molecule has 0 fully saturated rings. The van der Waals surface area contributed by atoms with Crippen LogP contribution in [0.4, 0.5) is 0 Å². The molecular weight excluding hydrogens is 307 g/mol. The van der Waals surface area contributed by atoms with Gasteiger partial charge in [0, 0.05) is 54.5 Å². The number of carboxylic acid groups (broad SMARTS) is 1. The number of rotatable bonds is 0. The summed E-state index contributed by atoms with van der Waals surface area (Å²) in [6.45, 7) is 1.08. The van der Waals surface area contributed by atoms with E-state index in [-0.39, 0.29) is 73.5 Å². The standard InChI is InChI=1S/C2H4O2.Hf.Mg.Ti.2H/c1-2(3)4;;;;;/h1H3,(H,3,4);;;;;/q;;+2;;2*-1. The van der Waals surface area contributed by atoms with Crippen LogP contribution >= 0.6 is 0 Å². The van der Waals surface area contributed by atoms with E-state index in [9.17, 15) is 0 Å². The van der Waals surface area contributed by atoms with E-state index in [1.54, 1.807) is 0 Å². The van der Waals surface area contributed by atoms with Crippen molar-refractivity contribution < 1.29 is 60.3 Å². The first-order valence-electron chi connectivity index (χ1n) is 0.928. The van der Waals surface area contributed by atoms with Crippen LogP contribution in [0.5, 0.6) is 0 Å². The molecule has 0 spiro atoms. The van der Waals surface area contributed by atoms with Crippen molar-refractivity contribution in [3.63, 3.8) is 0 Å². The van der Waals surface area contributed by atoms with E-state index in [0.29, 0.717) is 0 Å². The van der Waals surface area contributed by atoms with Gasteiger partial charge in [0.1, 0.15) is 0 Å². The van der Waals surface area contributed by atoms with Crippen LogP contribution in [0.2, 0.25) is 0 Å². The van der Waals surface area contributed by atoms with Gasteiger partial charge in [0.15, 0.2) is 0 Å². The van der Waals surface area contributed by atoms with Crippen LogP contribution in [-0.2, 0) is 52.4 Å². The summed E-state index contributed by atoms with van der Waals surface area (Å²) in [6, 6.07) is 0. The molecule has 0 amide bonds. The molecule has 0 aliphatic carbocycles. The second-order valence-electron chi connectivity index (χ2n) is 0.519. The fourth-order valence-corrected chi connectivity index (χ4v) is 0. The van der Waals surface area contributed by atoms with Crippen LogP contribution in [0, 0.1) is 0 Å². The smallest absolute Gasteiger partial charge is 1.00 e. The van der Waals surface area contributed by atoms with Crippen molar-refractivity contribution in [3.8, 4) is 0 Å². The van der Waals surface area contributed by atoms with E-state index in [2.05, 4.69) is 0 Å². The van der Waals surface area contributed by atoms with Gasteiger partial charge in [-0.15, -0.1) is 0 Å². The van der Waals surface area contributed by atoms with Gasteiger partial charge >= 0.3 is 23.1 Å². The second kappa shape index (κ2) is 15.7. The molecular formula is C2H6HfMgO2Ti. The maximum atomic E-state index is 9.00. The zero-order valence-electron chi connectivity index (χ0n) is 6.06. The molecule has 36 valence electrons. The summed E-state index contributed by atoms with van der Waals surface area (Å²) in [6.07, 6.45) is 0. The van der Waals surface area contributed by atoms with Crippen molar-refractivity contribution >= 4 is 29.0 Å². The van der Waals surface area contributed by atoms with Crippen molar-refractivity contribution in [3.05, 3.63) is 0 Å².